The first-order chi connectivity index (χ1) is 9.10. The van der Waals surface area contributed by atoms with Gasteiger partial charge in [0.15, 0.2) is 0 Å². The summed E-state index contributed by atoms with van der Waals surface area (Å²) in [6.45, 7) is 2.10. The van der Waals surface area contributed by atoms with Gasteiger partial charge in [0.1, 0.15) is 5.78 Å². The van der Waals surface area contributed by atoms with E-state index in [1.807, 2.05) is 0 Å². The smallest absolute Gasteiger partial charge is 0.333 e. The Bertz CT molecular complexity index is 385. The van der Waals surface area contributed by atoms with Gasteiger partial charge in [-0.3, -0.25) is 4.79 Å². The van der Waals surface area contributed by atoms with Crippen LogP contribution in [0, 0.1) is 5.92 Å². The second-order valence-electron chi connectivity index (χ2n) is 4.75. The number of carbonyl (C=O) groups excluding carboxylic acids is 2. The van der Waals surface area contributed by atoms with Gasteiger partial charge in [0, 0.05) is 17.9 Å². The van der Waals surface area contributed by atoms with Gasteiger partial charge >= 0.3 is 5.97 Å². The van der Waals surface area contributed by atoms with Crippen LogP contribution in [0.1, 0.15) is 39.0 Å². The molecule has 0 spiro atoms. The number of methoxy groups -OCH3 is 1. The van der Waals surface area contributed by atoms with Crippen molar-refractivity contribution in [1.29, 1.82) is 0 Å². The lowest BCUT2D eigenvalue weighted by molar-refractivity contribution is -0.136. The van der Waals surface area contributed by atoms with Crippen molar-refractivity contribution >= 4 is 23.4 Å². The summed E-state index contributed by atoms with van der Waals surface area (Å²) in [6.07, 6.45) is 9.07. The average molecular weight is 285 g/mol. The minimum atomic E-state index is -0.387. The number of carbonyl (C=O) groups is 2. The summed E-state index contributed by atoms with van der Waals surface area (Å²) in [5.74, 6) is -0.584. The third kappa shape index (κ3) is 4.83. The van der Waals surface area contributed by atoms with Gasteiger partial charge in [-0.15, -0.1) is 11.6 Å². The number of hydrogen-bond acceptors (Lipinski definition) is 3. The standard InChI is InChI=1S/C15H21ClO3/c1-3-4-5-9-14(17)12-10-11(15(18)19-2)7-6-8-13(12)16/h6-8,12-13H,3-5,9-10H2,1-2H3. The van der Waals surface area contributed by atoms with Gasteiger partial charge in [0.2, 0.25) is 0 Å². The molecule has 1 rings (SSSR count). The largest absolute Gasteiger partial charge is 0.466 e. The van der Waals surface area contributed by atoms with Gasteiger partial charge in [-0.25, -0.2) is 4.79 Å². The summed E-state index contributed by atoms with van der Waals surface area (Å²) in [6, 6.07) is 0. The van der Waals surface area contributed by atoms with E-state index in [0.29, 0.717) is 18.4 Å². The molecule has 0 aliphatic heterocycles. The van der Waals surface area contributed by atoms with Crippen molar-refractivity contribution in [1.82, 2.24) is 0 Å². The number of ketones is 1. The number of allylic oxidation sites excluding steroid dienone is 3. The van der Waals surface area contributed by atoms with Crippen molar-refractivity contribution in [3.05, 3.63) is 23.8 Å². The summed E-state index contributed by atoms with van der Waals surface area (Å²) in [7, 11) is 1.34. The van der Waals surface area contributed by atoms with E-state index < -0.39 is 0 Å². The van der Waals surface area contributed by atoms with Crippen LogP contribution in [0.25, 0.3) is 0 Å². The quantitative estimate of drug-likeness (QED) is 0.426. The Morgan fingerprint density at radius 2 is 2.16 bits per heavy atom. The minimum Gasteiger partial charge on any atom is -0.466 e. The molecule has 3 nitrogen and oxygen atoms in total. The molecular weight excluding hydrogens is 264 g/mol. The fraction of sp³-hybridized carbons (Fsp3) is 0.600. The fourth-order valence-electron chi connectivity index (χ4n) is 2.14. The van der Waals surface area contributed by atoms with E-state index in [9.17, 15) is 9.59 Å². The van der Waals surface area contributed by atoms with Crippen LogP contribution in [-0.2, 0) is 14.3 Å². The van der Waals surface area contributed by atoms with E-state index >= 15 is 0 Å². The molecule has 0 aromatic heterocycles. The Labute approximate surface area is 119 Å². The lowest BCUT2D eigenvalue weighted by Crippen LogP contribution is -2.24. The van der Waals surface area contributed by atoms with Crippen LogP contribution >= 0.6 is 11.6 Å². The first-order valence-corrected chi connectivity index (χ1v) is 7.16. The van der Waals surface area contributed by atoms with Crippen molar-refractivity contribution in [2.24, 2.45) is 5.92 Å². The maximum Gasteiger partial charge on any atom is 0.333 e. The molecule has 4 heteroatoms. The molecule has 1 aliphatic carbocycles. The van der Waals surface area contributed by atoms with Gasteiger partial charge in [0.05, 0.1) is 12.5 Å². The van der Waals surface area contributed by atoms with E-state index in [0.717, 1.165) is 19.3 Å². The number of rotatable bonds is 6. The van der Waals surface area contributed by atoms with E-state index in [1.165, 1.54) is 7.11 Å². The lowest BCUT2D eigenvalue weighted by Gasteiger charge is -2.18. The third-order valence-electron chi connectivity index (χ3n) is 3.30. The summed E-state index contributed by atoms with van der Waals surface area (Å²) < 4.78 is 4.71. The highest BCUT2D eigenvalue weighted by molar-refractivity contribution is 6.23. The van der Waals surface area contributed by atoms with Crippen LogP contribution < -0.4 is 0 Å². The highest BCUT2D eigenvalue weighted by atomic mass is 35.5. The van der Waals surface area contributed by atoms with Crippen LogP contribution in [0.15, 0.2) is 23.8 Å². The van der Waals surface area contributed by atoms with Gasteiger partial charge in [-0.05, 0) is 12.8 Å². The molecule has 0 amide bonds. The molecule has 0 radical (unpaired) electrons. The van der Waals surface area contributed by atoms with Crippen LogP contribution in [0.4, 0.5) is 0 Å². The van der Waals surface area contributed by atoms with Crippen molar-refractivity contribution in [2.75, 3.05) is 7.11 Å². The molecule has 2 atom stereocenters. The molecule has 19 heavy (non-hydrogen) atoms. The lowest BCUT2D eigenvalue weighted by atomic mass is 9.90. The van der Waals surface area contributed by atoms with Crippen molar-refractivity contribution in [3.8, 4) is 0 Å². The number of hydrogen-bond donors (Lipinski definition) is 0. The van der Waals surface area contributed by atoms with Gasteiger partial charge in [-0.1, -0.05) is 38.0 Å². The topological polar surface area (TPSA) is 43.4 Å². The Morgan fingerprint density at radius 3 is 2.79 bits per heavy atom. The Balaban J connectivity index is 2.70. The highest BCUT2D eigenvalue weighted by Crippen LogP contribution is 2.27. The predicted octanol–water partition coefficient (Wildman–Crippen LogP) is 3.42. The summed E-state index contributed by atoms with van der Waals surface area (Å²) in [5, 5.41) is -0.354. The highest BCUT2D eigenvalue weighted by Gasteiger charge is 2.29. The summed E-state index contributed by atoms with van der Waals surface area (Å²) >= 11 is 6.21. The second-order valence-corrected chi connectivity index (χ2v) is 5.25. The van der Waals surface area contributed by atoms with E-state index in [1.54, 1.807) is 18.2 Å². The average Bonchev–Trinajstić information content (AvgIpc) is 2.60. The van der Waals surface area contributed by atoms with E-state index in [-0.39, 0.29) is 23.0 Å². The molecule has 0 bridgehead atoms. The van der Waals surface area contributed by atoms with E-state index in [2.05, 4.69) is 6.92 Å². The normalized spacial score (nSPS) is 22.6. The van der Waals surface area contributed by atoms with E-state index in [4.69, 9.17) is 16.3 Å². The first-order valence-electron chi connectivity index (χ1n) is 6.72. The fourth-order valence-corrected chi connectivity index (χ4v) is 2.45. The van der Waals surface area contributed by atoms with Gasteiger partial charge < -0.3 is 4.74 Å². The Kier molecular flexibility index (Phi) is 6.85. The third-order valence-corrected chi connectivity index (χ3v) is 3.75. The Hall–Kier alpha value is -1.09. The maximum atomic E-state index is 12.2. The van der Waals surface area contributed by atoms with Crippen LogP contribution in [0.5, 0.6) is 0 Å². The number of ether oxygens (including phenoxy) is 1. The van der Waals surface area contributed by atoms with Crippen molar-refractivity contribution in [2.45, 2.75) is 44.4 Å². The van der Waals surface area contributed by atoms with Crippen molar-refractivity contribution < 1.29 is 14.3 Å². The molecule has 2 unspecified atom stereocenters. The zero-order valence-corrected chi connectivity index (χ0v) is 12.3. The number of unbranched alkanes of at least 4 members (excludes halogenated alkanes) is 2. The summed E-state index contributed by atoms with van der Waals surface area (Å²) in [5.41, 5.74) is 0.510. The van der Waals surface area contributed by atoms with Crippen molar-refractivity contribution in [3.63, 3.8) is 0 Å². The molecule has 0 aromatic carbocycles. The maximum absolute atomic E-state index is 12.2. The van der Waals surface area contributed by atoms with Crippen LogP contribution in [0.2, 0.25) is 0 Å². The van der Waals surface area contributed by atoms with Gasteiger partial charge in [-0.2, -0.15) is 0 Å². The minimum absolute atomic E-state index is 0.134. The van der Waals surface area contributed by atoms with Crippen LogP contribution in [-0.4, -0.2) is 24.2 Å². The zero-order chi connectivity index (χ0) is 14.3. The molecular formula is C15H21ClO3. The number of esters is 1. The van der Waals surface area contributed by atoms with Crippen LogP contribution in [0.3, 0.4) is 0 Å². The predicted molar refractivity (Wildman–Crippen MR) is 76.1 cm³/mol. The number of alkyl halides is 1. The molecule has 0 N–H and O–H groups in total. The molecule has 1 aliphatic rings. The first kappa shape index (κ1) is 16.0. The number of Topliss-reactive ketones (excluding diaryl/α,β-unsaturated/α-hetero) is 1. The second kappa shape index (κ2) is 8.16. The monoisotopic (exact) mass is 284 g/mol. The molecule has 0 fully saturated rings. The number of halogens is 1. The molecule has 0 heterocycles. The Morgan fingerprint density at radius 1 is 1.42 bits per heavy atom. The van der Waals surface area contributed by atoms with Gasteiger partial charge in [0.25, 0.3) is 0 Å². The summed E-state index contributed by atoms with van der Waals surface area (Å²) in [4.78, 5) is 23.8. The molecule has 0 saturated heterocycles. The SMILES string of the molecule is CCCCCC(=O)C1CC(C(=O)OC)=CC=CC1Cl. The zero-order valence-electron chi connectivity index (χ0n) is 11.5. The molecule has 106 valence electrons. The molecule has 0 aromatic rings. The molecule has 0 saturated carbocycles.